The topological polar surface area (TPSA) is 86.0 Å². The molecule has 0 bridgehead atoms. The van der Waals surface area contributed by atoms with Crippen molar-refractivity contribution in [2.75, 3.05) is 6.54 Å². The molecule has 3 rings (SSSR count). The van der Waals surface area contributed by atoms with Crippen molar-refractivity contribution in [2.45, 2.75) is 20.3 Å². The third-order valence-corrected chi connectivity index (χ3v) is 4.60. The molecule has 0 atom stereocenters. The fraction of sp³-hybridized carbons (Fsp3) is 0.300. The summed E-state index contributed by atoms with van der Waals surface area (Å²) in [5, 5.41) is 3.01. The Morgan fingerprint density at radius 2 is 1.74 bits per heavy atom. The highest BCUT2D eigenvalue weighted by Gasteiger charge is 2.18. The average Bonchev–Trinajstić information content (AvgIpc) is 2.65. The fourth-order valence-electron chi connectivity index (χ4n) is 3.03. The number of carbonyl (C=O) groups is 1. The molecule has 0 radical (unpaired) electrons. The van der Waals surface area contributed by atoms with Gasteiger partial charge >= 0.3 is 5.69 Å². The van der Waals surface area contributed by atoms with Gasteiger partial charge in [-0.3, -0.25) is 18.7 Å². The molecule has 0 aliphatic rings. The van der Waals surface area contributed by atoms with E-state index in [0.29, 0.717) is 18.7 Å². The van der Waals surface area contributed by atoms with Gasteiger partial charge in [0.2, 0.25) is 0 Å². The molecule has 0 aliphatic carbocycles. The van der Waals surface area contributed by atoms with Crippen molar-refractivity contribution >= 4 is 16.9 Å². The van der Waals surface area contributed by atoms with E-state index in [-0.39, 0.29) is 22.5 Å². The Morgan fingerprint density at radius 1 is 1.07 bits per heavy atom. The number of rotatable bonds is 4. The highest BCUT2D eigenvalue weighted by molar-refractivity contribution is 6.05. The summed E-state index contributed by atoms with van der Waals surface area (Å²) in [4.78, 5) is 41.8. The molecule has 0 unspecified atom stereocenters. The summed E-state index contributed by atoms with van der Waals surface area (Å²) in [6.07, 6.45) is 0.685. The van der Waals surface area contributed by atoms with E-state index in [0.717, 1.165) is 10.1 Å². The molecule has 2 aromatic heterocycles. The molecule has 7 heteroatoms. The number of hydrogen-bond donors (Lipinski definition) is 1. The summed E-state index contributed by atoms with van der Waals surface area (Å²) in [7, 11) is 2.93. The number of nitrogens with one attached hydrogen (secondary N) is 1. The molecule has 3 aromatic rings. The van der Waals surface area contributed by atoms with Gasteiger partial charge in [-0.1, -0.05) is 29.8 Å². The molecule has 1 N–H and O–H groups in total. The Morgan fingerprint density at radius 3 is 2.41 bits per heavy atom. The molecule has 1 amide bonds. The van der Waals surface area contributed by atoms with E-state index in [2.05, 4.69) is 10.3 Å². The minimum atomic E-state index is -0.524. The third-order valence-electron chi connectivity index (χ3n) is 4.60. The molecule has 0 saturated carbocycles. The minimum Gasteiger partial charge on any atom is -0.352 e. The van der Waals surface area contributed by atoms with Crippen LogP contribution in [0.25, 0.3) is 11.0 Å². The van der Waals surface area contributed by atoms with E-state index in [4.69, 9.17) is 0 Å². The molecule has 0 aliphatic heterocycles. The highest BCUT2D eigenvalue weighted by Crippen LogP contribution is 2.13. The molecule has 27 heavy (non-hydrogen) atoms. The van der Waals surface area contributed by atoms with Gasteiger partial charge in [-0.2, -0.15) is 0 Å². The summed E-state index contributed by atoms with van der Waals surface area (Å²) in [6.45, 7) is 4.19. The number of aryl methyl sites for hydroxylation is 3. The maximum absolute atomic E-state index is 12.7. The highest BCUT2D eigenvalue weighted by atomic mass is 16.2. The molecule has 140 valence electrons. The molecular formula is C20H22N4O3. The molecular weight excluding hydrogens is 344 g/mol. The number of hydrogen-bond acceptors (Lipinski definition) is 4. The maximum Gasteiger partial charge on any atom is 0.332 e. The second-order valence-corrected chi connectivity index (χ2v) is 6.71. The smallest absolute Gasteiger partial charge is 0.332 e. The number of amides is 1. The first kappa shape index (κ1) is 18.6. The van der Waals surface area contributed by atoms with Crippen LogP contribution in [0.5, 0.6) is 0 Å². The second-order valence-electron chi connectivity index (χ2n) is 6.71. The molecule has 2 heterocycles. The predicted molar refractivity (Wildman–Crippen MR) is 104 cm³/mol. The minimum absolute atomic E-state index is 0.151. The van der Waals surface area contributed by atoms with Crippen LogP contribution >= 0.6 is 0 Å². The van der Waals surface area contributed by atoms with Gasteiger partial charge in [0.05, 0.1) is 10.9 Å². The molecule has 0 fully saturated rings. The first-order valence-corrected chi connectivity index (χ1v) is 8.70. The molecule has 0 saturated heterocycles. The van der Waals surface area contributed by atoms with Crippen LogP contribution in [0.1, 0.15) is 27.2 Å². The van der Waals surface area contributed by atoms with E-state index in [9.17, 15) is 14.4 Å². The van der Waals surface area contributed by atoms with Crippen LogP contribution in [0, 0.1) is 13.8 Å². The SMILES string of the molecule is Cc1ccc(CCNC(=O)c2cc(C)nc3c2c(=O)n(C)c(=O)n3C)cc1. The third kappa shape index (κ3) is 3.53. The van der Waals surface area contributed by atoms with Crippen molar-refractivity contribution in [3.63, 3.8) is 0 Å². The largest absolute Gasteiger partial charge is 0.352 e. The van der Waals surface area contributed by atoms with Gasteiger partial charge in [0.1, 0.15) is 5.65 Å². The fourth-order valence-corrected chi connectivity index (χ4v) is 3.03. The lowest BCUT2D eigenvalue weighted by Gasteiger charge is -2.12. The number of pyridine rings is 1. The Kier molecular flexibility index (Phi) is 4.94. The molecule has 1 aromatic carbocycles. The van der Waals surface area contributed by atoms with Gasteiger partial charge in [0, 0.05) is 26.3 Å². The van der Waals surface area contributed by atoms with Gasteiger partial charge in [-0.15, -0.1) is 0 Å². The average molecular weight is 366 g/mol. The lowest BCUT2D eigenvalue weighted by atomic mass is 10.1. The number of carbonyl (C=O) groups excluding carboxylic acids is 1. The number of benzene rings is 1. The van der Waals surface area contributed by atoms with Crippen molar-refractivity contribution in [2.24, 2.45) is 14.1 Å². The normalized spacial score (nSPS) is 11.0. The molecule has 7 nitrogen and oxygen atoms in total. The Hall–Kier alpha value is -3.22. The van der Waals surface area contributed by atoms with Crippen molar-refractivity contribution in [3.8, 4) is 0 Å². The lowest BCUT2D eigenvalue weighted by molar-refractivity contribution is 0.0955. The zero-order chi connectivity index (χ0) is 19.7. The number of nitrogens with zero attached hydrogens (tertiary/aromatic N) is 3. The number of aromatic nitrogens is 3. The zero-order valence-corrected chi connectivity index (χ0v) is 15.9. The first-order valence-electron chi connectivity index (χ1n) is 8.70. The van der Waals surface area contributed by atoms with E-state index >= 15 is 0 Å². The summed E-state index contributed by atoms with van der Waals surface area (Å²) >= 11 is 0. The van der Waals surface area contributed by atoms with Crippen LogP contribution < -0.4 is 16.6 Å². The van der Waals surface area contributed by atoms with Crippen LogP contribution in [-0.2, 0) is 20.5 Å². The van der Waals surface area contributed by atoms with E-state index in [1.807, 2.05) is 31.2 Å². The van der Waals surface area contributed by atoms with Crippen LogP contribution in [0.2, 0.25) is 0 Å². The van der Waals surface area contributed by atoms with Crippen molar-refractivity contribution < 1.29 is 4.79 Å². The Labute approximate surface area is 156 Å². The number of fused-ring (bicyclic) bond motifs is 1. The summed E-state index contributed by atoms with van der Waals surface area (Å²) < 4.78 is 2.27. The van der Waals surface area contributed by atoms with Gasteiger partial charge in [0.25, 0.3) is 11.5 Å². The van der Waals surface area contributed by atoms with Crippen molar-refractivity contribution in [1.29, 1.82) is 0 Å². The first-order chi connectivity index (χ1) is 12.8. The van der Waals surface area contributed by atoms with Crippen molar-refractivity contribution in [1.82, 2.24) is 19.4 Å². The van der Waals surface area contributed by atoms with E-state index < -0.39 is 11.2 Å². The lowest BCUT2D eigenvalue weighted by Crippen LogP contribution is -2.39. The summed E-state index contributed by atoms with van der Waals surface area (Å²) in [5.74, 6) is -0.353. The Bertz CT molecular complexity index is 1140. The van der Waals surface area contributed by atoms with E-state index in [1.54, 1.807) is 13.0 Å². The Balaban J connectivity index is 1.93. The standard InChI is InChI=1S/C20H22N4O3/c1-12-5-7-14(8-6-12)9-10-21-18(25)15-11-13(2)22-17-16(15)19(26)24(4)20(27)23(17)3/h5-8,11H,9-10H2,1-4H3,(H,21,25). The van der Waals surface area contributed by atoms with Crippen LogP contribution in [-0.4, -0.2) is 26.6 Å². The van der Waals surface area contributed by atoms with Gasteiger partial charge in [0.15, 0.2) is 0 Å². The predicted octanol–water partition coefficient (Wildman–Crippen LogP) is 1.22. The quantitative estimate of drug-likeness (QED) is 0.752. The van der Waals surface area contributed by atoms with Crippen LogP contribution in [0.3, 0.4) is 0 Å². The van der Waals surface area contributed by atoms with E-state index in [1.165, 1.54) is 24.2 Å². The van der Waals surface area contributed by atoms with Gasteiger partial charge < -0.3 is 5.32 Å². The zero-order valence-electron chi connectivity index (χ0n) is 15.9. The second kappa shape index (κ2) is 7.19. The molecule has 0 spiro atoms. The summed E-state index contributed by atoms with van der Waals surface area (Å²) in [5.41, 5.74) is 2.32. The van der Waals surface area contributed by atoms with Crippen LogP contribution in [0.4, 0.5) is 0 Å². The van der Waals surface area contributed by atoms with Gasteiger partial charge in [-0.25, -0.2) is 9.78 Å². The van der Waals surface area contributed by atoms with Gasteiger partial charge in [-0.05, 0) is 31.9 Å². The van der Waals surface area contributed by atoms with Crippen LogP contribution in [0.15, 0.2) is 39.9 Å². The summed E-state index contributed by atoms with van der Waals surface area (Å²) in [6, 6.07) is 9.69. The maximum atomic E-state index is 12.7. The monoisotopic (exact) mass is 366 g/mol. The van der Waals surface area contributed by atoms with Crippen molar-refractivity contribution in [3.05, 3.63) is 73.6 Å².